The van der Waals surface area contributed by atoms with Gasteiger partial charge in [-0.05, 0) is 23.2 Å². The Morgan fingerprint density at radius 2 is 1.84 bits per heavy atom. The Bertz CT molecular complexity index is 890. The van der Waals surface area contributed by atoms with Gasteiger partial charge in [-0.3, -0.25) is 0 Å². The summed E-state index contributed by atoms with van der Waals surface area (Å²) < 4.78 is 35.0. The van der Waals surface area contributed by atoms with E-state index in [2.05, 4.69) is 10.0 Å². The number of benzene rings is 2. The molecule has 9 nitrogen and oxygen atoms in total. The molecule has 2 aromatic rings. The monoisotopic (exact) mass is 427 g/mol. The van der Waals surface area contributed by atoms with E-state index in [0.29, 0.717) is 13.2 Å². The van der Waals surface area contributed by atoms with E-state index in [4.69, 9.17) is 34.0 Å². The fourth-order valence-electron chi connectivity index (χ4n) is 3.82. The van der Waals surface area contributed by atoms with Crippen LogP contribution in [0.25, 0.3) is 10.4 Å². The number of methoxy groups -OCH3 is 2. The first-order chi connectivity index (χ1) is 15.2. The van der Waals surface area contributed by atoms with Crippen molar-refractivity contribution in [3.8, 4) is 5.75 Å². The van der Waals surface area contributed by atoms with Crippen LogP contribution in [0, 0.1) is 0 Å². The Hall–Kier alpha value is -2.65. The van der Waals surface area contributed by atoms with E-state index in [-0.39, 0.29) is 0 Å². The van der Waals surface area contributed by atoms with Crippen molar-refractivity contribution < 1.29 is 28.4 Å². The number of hydrogen-bond acceptors (Lipinski definition) is 7. The van der Waals surface area contributed by atoms with E-state index in [1.165, 1.54) is 7.11 Å². The van der Waals surface area contributed by atoms with Crippen molar-refractivity contribution >= 4 is 0 Å². The van der Waals surface area contributed by atoms with E-state index in [1.807, 2.05) is 54.6 Å². The fraction of sp³-hybridized carbons (Fsp3) is 0.455. The first-order valence-electron chi connectivity index (χ1n) is 10.0. The molecule has 0 N–H and O–H groups in total. The van der Waals surface area contributed by atoms with Crippen molar-refractivity contribution in [1.29, 1.82) is 0 Å². The molecule has 9 heteroatoms. The van der Waals surface area contributed by atoms with Crippen molar-refractivity contribution in [2.24, 2.45) is 5.11 Å². The summed E-state index contributed by atoms with van der Waals surface area (Å²) in [6.07, 6.45) is -2.84. The predicted octanol–water partition coefficient (Wildman–Crippen LogP) is 3.74. The summed E-state index contributed by atoms with van der Waals surface area (Å²) in [5.41, 5.74) is 11.0. The van der Waals surface area contributed by atoms with Gasteiger partial charge in [-0.1, -0.05) is 47.6 Å². The molecule has 2 aliphatic heterocycles. The molecular weight excluding hydrogens is 402 g/mol. The fourth-order valence-corrected chi connectivity index (χ4v) is 3.82. The van der Waals surface area contributed by atoms with Gasteiger partial charge >= 0.3 is 0 Å². The Balaban J connectivity index is 1.56. The molecule has 164 valence electrons. The number of fused-ring (bicyclic) bond motifs is 1. The van der Waals surface area contributed by atoms with Crippen LogP contribution in [0.4, 0.5) is 0 Å². The normalized spacial score (nSPS) is 30.1. The molecule has 0 saturated carbocycles. The van der Waals surface area contributed by atoms with Crippen LogP contribution in [0.1, 0.15) is 17.4 Å². The van der Waals surface area contributed by atoms with E-state index in [1.54, 1.807) is 7.11 Å². The first kappa shape index (κ1) is 21.6. The second-order valence-corrected chi connectivity index (χ2v) is 7.27. The highest BCUT2D eigenvalue weighted by atomic mass is 16.7. The van der Waals surface area contributed by atoms with Crippen LogP contribution in [0.2, 0.25) is 0 Å². The quantitative estimate of drug-likeness (QED) is 0.379. The van der Waals surface area contributed by atoms with Crippen LogP contribution < -0.4 is 4.74 Å². The second kappa shape index (κ2) is 10.1. The number of hydrogen-bond donors (Lipinski definition) is 0. The third kappa shape index (κ3) is 4.83. The third-order valence-electron chi connectivity index (χ3n) is 5.40. The van der Waals surface area contributed by atoms with Gasteiger partial charge in [-0.15, -0.1) is 0 Å². The summed E-state index contributed by atoms with van der Waals surface area (Å²) in [5.74, 6) is 0.764. The van der Waals surface area contributed by atoms with E-state index in [9.17, 15) is 0 Å². The molecule has 0 amide bonds. The summed E-state index contributed by atoms with van der Waals surface area (Å²) >= 11 is 0. The van der Waals surface area contributed by atoms with Crippen molar-refractivity contribution in [1.82, 2.24) is 0 Å². The lowest BCUT2D eigenvalue weighted by molar-refractivity contribution is -0.344. The average molecular weight is 427 g/mol. The van der Waals surface area contributed by atoms with Crippen LogP contribution in [0.3, 0.4) is 0 Å². The molecule has 6 atom stereocenters. The number of ether oxygens (including phenoxy) is 6. The lowest BCUT2D eigenvalue weighted by Gasteiger charge is -2.47. The van der Waals surface area contributed by atoms with Gasteiger partial charge in [0, 0.05) is 17.6 Å². The van der Waals surface area contributed by atoms with Crippen LogP contribution in [0.15, 0.2) is 59.7 Å². The minimum atomic E-state index is -0.765. The summed E-state index contributed by atoms with van der Waals surface area (Å²) in [6, 6.07) is 16.5. The Morgan fingerprint density at radius 1 is 1.06 bits per heavy atom. The zero-order valence-electron chi connectivity index (χ0n) is 17.4. The van der Waals surface area contributed by atoms with Gasteiger partial charge in [0.25, 0.3) is 0 Å². The molecule has 4 rings (SSSR count). The highest BCUT2D eigenvalue weighted by Gasteiger charge is 2.50. The van der Waals surface area contributed by atoms with Crippen molar-refractivity contribution in [3.63, 3.8) is 0 Å². The van der Waals surface area contributed by atoms with Gasteiger partial charge in [0.15, 0.2) is 12.6 Å². The van der Waals surface area contributed by atoms with E-state index < -0.39 is 36.9 Å². The van der Waals surface area contributed by atoms with Gasteiger partial charge < -0.3 is 28.4 Å². The number of azide groups is 1. The van der Waals surface area contributed by atoms with Crippen molar-refractivity contribution in [2.75, 3.05) is 20.8 Å². The minimum Gasteiger partial charge on any atom is -0.497 e. The van der Waals surface area contributed by atoms with Crippen LogP contribution in [-0.2, 0) is 30.3 Å². The number of rotatable bonds is 7. The summed E-state index contributed by atoms with van der Waals surface area (Å²) in [7, 11) is 3.12. The zero-order valence-corrected chi connectivity index (χ0v) is 17.4. The molecule has 2 aromatic carbocycles. The topological polar surface area (TPSA) is 104 Å². The summed E-state index contributed by atoms with van der Waals surface area (Å²) in [4.78, 5) is 2.98. The van der Waals surface area contributed by atoms with Crippen molar-refractivity contribution in [2.45, 2.75) is 43.5 Å². The van der Waals surface area contributed by atoms with Gasteiger partial charge in [0.05, 0.1) is 20.3 Å². The maximum Gasteiger partial charge on any atom is 0.184 e. The Kier molecular flexibility index (Phi) is 7.03. The van der Waals surface area contributed by atoms with E-state index >= 15 is 0 Å². The number of nitrogens with zero attached hydrogens (tertiary/aromatic N) is 3. The van der Waals surface area contributed by atoms with Crippen LogP contribution in [0.5, 0.6) is 5.75 Å². The highest BCUT2D eigenvalue weighted by Crippen LogP contribution is 2.37. The molecule has 0 radical (unpaired) electrons. The molecular formula is C22H25N3O6. The lowest BCUT2D eigenvalue weighted by atomic mass is 9.96. The second-order valence-electron chi connectivity index (χ2n) is 7.27. The molecule has 0 spiro atoms. The smallest absolute Gasteiger partial charge is 0.184 e. The minimum absolute atomic E-state index is 0.298. The largest absolute Gasteiger partial charge is 0.497 e. The van der Waals surface area contributed by atoms with Gasteiger partial charge in [-0.2, -0.15) is 0 Å². The zero-order chi connectivity index (χ0) is 21.6. The Labute approximate surface area is 180 Å². The molecule has 2 aliphatic rings. The average Bonchev–Trinajstić information content (AvgIpc) is 2.83. The molecule has 31 heavy (non-hydrogen) atoms. The third-order valence-corrected chi connectivity index (χ3v) is 5.40. The van der Waals surface area contributed by atoms with Gasteiger partial charge in [0.1, 0.15) is 30.1 Å². The van der Waals surface area contributed by atoms with Crippen LogP contribution in [-0.4, -0.2) is 51.5 Å². The van der Waals surface area contributed by atoms with Gasteiger partial charge in [-0.25, -0.2) is 0 Å². The first-order valence-corrected chi connectivity index (χ1v) is 10.0. The summed E-state index contributed by atoms with van der Waals surface area (Å²) in [6.45, 7) is 0.599. The molecule has 0 bridgehead atoms. The predicted molar refractivity (Wildman–Crippen MR) is 110 cm³/mol. The Morgan fingerprint density at radius 3 is 2.52 bits per heavy atom. The van der Waals surface area contributed by atoms with Crippen LogP contribution >= 0.6 is 0 Å². The maximum atomic E-state index is 9.13. The van der Waals surface area contributed by atoms with Crippen molar-refractivity contribution in [3.05, 3.63) is 76.2 Å². The SMILES string of the molecule is COc1ccc(CO[C@H]2[C@@H]3O[C@H](c4ccccc4)OC[C@H]3OC(OC)[C@@H]2N=[N+]=[N-])cc1. The molecule has 2 heterocycles. The van der Waals surface area contributed by atoms with Gasteiger partial charge in [0.2, 0.25) is 0 Å². The lowest BCUT2D eigenvalue weighted by Crippen LogP contribution is -2.62. The molecule has 1 unspecified atom stereocenters. The maximum absolute atomic E-state index is 9.13. The summed E-state index contributed by atoms with van der Waals surface area (Å²) in [5, 5.41) is 3.91. The molecule has 0 aromatic heterocycles. The molecule has 0 aliphatic carbocycles. The molecule has 2 saturated heterocycles. The highest BCUT2D eigenvalue weighted by molar-refractivity contribution is 5.26. The van der Waals surface area contributed by atoms with E-state index in [0.717, 1.165) is 16.9 Å². The molecule has 2 fully saturated rings. The standard InChI is InChI=1S/C22H25N3O6/c1-26-16-10-8-14(9-11-16)12-28-20-18(24-25-23)22(27-2)30-17-13-29-21(31-19(17)20)15-6-4-3-5-7-15/h3-11,17-22H,12-13H2,1-2H3/t17-,18-,19-,20-,21-,22?/m1/s1.